The molecule has 15 heavy (non-hydrogen) atoms. The average Bonchev–Trinajstić information content (AvgIpc) is 2.19. The van der Waals surface area contributed by atoms with Gasteiger partial charge in [-0.05, 0) is 24.7 Å². The Labute approximate surface area is 95.0 Å². The van der Waals surface area contributed by atoms with Crippen molar-refractivity contribution in [1.29, 1.82) is 0 Å². The molecule has 1 aliphatic rings. The molecule has 2 heteroatoms. The summed E-state index contributed by atoms with van der Waals surface area (Å²) in [6.45, 7) is 6.76. The van der Waals surface area contributed by atoms with Crippen molar-refractivity contribution in [3.05, 3.63) is 0 Å². The molecule has 0 aromatic heterocycles. The van der Waals surface area contributed by atoms with Crippen LogP contribution >= 0.6 is 0 Å². The van der Waals surface area contributed by atoms with Gasteiger partial charge in [0.2, 0.25) is 0 Å². The van der Waals surface area contributed by atoms with Crippen LogP contribution in [0.25, 0.3) is 0 Å². The molecule has 1 fully saturated rings. The fourth-order valence-corrected chi connectivity index (χ4v) is 2.61. The summed E-state index contributed by atoms with van der Waals surface area (Å²) >= 11 is 0. The van der Waals surface area contributed by atoms with E-state index in [0.717, 1.165) is 19.5 Å². The number of nitrogens with one attached hydrogen (secondary N) is 1. The third-order valence-electron chi connectivity index (χ3n) is 3.68. The van der Waals surface area contributed by atoms with Gasteiger partial charge in [-0.2, -0.15) is 0 Å². The topological polar surface area (TPSA) is 38.0 Å². The summed E-state index contributed by atoms with van der Waals surface area (Å²) in [6, 6.07) is 0.349. The molecule has 1 saturated carbocycles. The van der Waals surface area contributed by atoms with Crippen LogP contribution in [0.3, 0.4) is 0 Å². The van der Waals surface area contributed by atoms with Crippen molar-refractivity contribution in [3.8, 4) is 0 Å². The first-order valence-electron chi connectivity index (χ1n) is 6.62. The van der Waals surface area contributed by atoms with Crippen LogP contribution < -0.4 is 11.1 Å². The summed E-state index contributed by atoms with van der Waals surface area (Å²) in [5.74, 6) is 0. The van der Waals surface area contributed by atoms with Crippen LogP contribution in [-0.2, 0) is 0 Å². The van der Waals surface area contributed by atoms with Gasteiger partial charge < -0.3 is 11.1 Å². The van der Waals surface area contributed by atoms with Crippen LogP contribution in [0.15, 0.2) is 0 Å². The normalized spacial score (nSPS) is 22.6. The number of hydrogen-bond donors (Lipinski definition) is 2. The molecule has 0 radical (unpaired) electrons. The fourth-order valence-electron chi connectivity index (χ4n) is 2.61. The molecule has 0 heterocycles. The molecule has 0 aromatic carbocycles. The summed E-state index contributed by atoms with van der Waals surface area (Å²) < 4.78 is 0. The van der Waals surface area contributed by atoms with Crippen molar-refractivity contribution in [1.82, 2.24) is 5.32 Å². The zero-order valence-corrected chi connectivity index (χ0v) is 10.5. The van der Waals surface area contributed by atoms with Crippen molar-refractivity contribution >= 4 is 0 Å². The molecule has 1 atom stereocenters. The Morgan fingerprint density at radius 3 is 2.53 bits per heavy atom. The lowest BCUT2D eigenvalue weighted by Crippen LogP contribution is -2.40. The van der Waals surface area contributed by atoms with Gasteiger partial charge in [0.25, 0.3) is 0 Å². The maximum atomic E-state index is 5.98. The minimum Gasteiger partial charge on any atom is -0.327 e. The Morgan fingerprint density at radius 2 is 1.93 bits per heavy atom. The van der Waals surface area contributed by atoms with Crippen LogP contribution in [0.5, 0.6) is 0 Å². The number of hydrogen-bond acceptors (Lipinski definition) is 2. The Kier molecular flexibility index (Phi) is 5.62. The van der Waals surface area contributed by atoms with E-state index < -0.39 is 0 Å². The highest BCUT2D eigenvalue weighted by atomic mass is 14.9. The molecular formula is C13H28N2. The van der Waals surface area contributed by atoms with Crippen molar-refractivity contribution in [2.45, 2.75) is 64.8 Å². The summed E-state index contributed by atoms with van der Waals surface area (Å²) in [6.07, 6.45) is 9.39. The first-order valence-corrected chi connectivity index (χ1v) is 6.62. The van der Waals surface area contributed by atoms with Gasteiger partial charge in [0.1, 0.15) is 0 Å². The van der Waals surface area contributed by atoms with Crippen LogP contribution in [0.2, 0.25) is 0 Å². The van der Waals surface area contributed by atoms with Crippen LogP contribution in [0, 0.1) is 5.41 Å². The molecular weight excluding hydrogens is 184 g/mol. The monoisotopic (exact) mass is 212 g/mol. The molecule has 0 aromatic rings. The fraction of sp³-hybridized carbons (Fsp3) is 1.00. The summed E-state index contributed by atoms with van der Waals surface area (Å²) in [5, 5.41) is 3.56. The first kappa shape index (κ1) is 13.0. The van der Waals surface area contributed by atoms with Gasteiger partial charge in [0.05, 0.1) is 0 Å². The second kappa shape index (κ2) is 6.49. The highest BCUT2D eigenvalue weighted by Gasteiger charge is 2.26. The molecule has 1 unspecified atom stereocenters. The molecule has 0 amide bonds. The molecule has 0 saturated heterocycles. The lowest BCUT2D eigenvalue weighted by atomic mass is 9.76. The van der Waals surface area contributed by atoms with E-state index in [-0.39, 0.29) is 0 Å². The lowest BCUT2D eigenvalue weighted by molar-refractivity contribution is 0.207. The minimum atomic E-state index is 0.349. The maximum absolute atomic E-state index is 5.98. The lowest BCUT2D eigenvalue weighted by Gasteiger charge is -2.34. The van der Waals surface area contributed by atoms with Crippen molar-refractivity contribution in [3.63, 3.8) is 0 Å². The predicted octanol–water partition coefficient (Wildman–Crippen LogP) is 2.67. The summed E-state index contributed by atoms with van der Waals surface area (Å²) in [5.41, 5.74) is 6.53. The van der Waals surface area contributed by atoms with E-state index in [0.29, 0.717) is 11.5 Å². The maximum Gasteiger partial charge on any atom is 0.0165 e. The molecule has 0 aliphatic heterocycles. The smallest absolute Gasteiger partial charge is 0.0165 e. The van der Waals surface area contributed by atoms with Crippen molar-refractivity contribution in [2.24, 2.45) is 11.1 Å². The minimum absolute atomic E-state index is 0.349. The molecule has 90 valence electrons. The third-order valence-corrected chi connectivity index (χ3v) is 3.68. The first-order chi connectivity index (χ1) is 7.16. The standard InChI is InChI=1S/C13H28N2/c1-3-7-12(14)10-15-11-13(2)8-5-4-6-9-13/h12,15H,3-11,14H2,1-2H3. The van der Waals surface area contributed by atoms with E-state index in [9.17, 15) is 0 Å². The van der Waals surface area contributed by atoms with Gasteiger partial charge >= 0.3 is 0 Å². The van der Waals surface area contributed by atoms with Crippen LogP contribution in [0.4, 0.5) is 0 Å². The van der Waals surface area contributed by atoms with Gasteiger partial charge in [-0.1, -0.05) is 39.5 Å². The van der Waals surface area contributed by atoms with E-state index in [2.05, 4.69) is 19.2 Å². The number of rotatable bonds is 6. The van der Waals surface area contributed by atoms with Gasteiger partial charge in [-0.25, -0.2) is 0 Å². The van der Waals surface area contributed by atoms with E-state index in [4.69, 9.17) is 5.73 Å². The molecule has 0 spiro atoms. The largest absolute Gasteiger partial charge is 0.327 e. The molecule has 3 N–H and O–H groups in total. The molecule has 0 bridgehead atoms. The second-order valence-electron chi connectivity index (χ2n) is 5.55. The van der Waals surface area contributed by atoms with E-state index >= 15 is 0 Å². The van der Waals surface area contributed by atoms with E-state index in [1.165, 1.54) is 38.5 Å². The Bertz CT molecular complexity index is 162. The Balaban J connectivity index is 2.12. The molecule has 2 nitrogen and oxygen atoms in total. The van der Waals surface area contributed by atoms with E-state index in [1.54, 1.807) is 0 Å². The van der Waals surface area contributed by atoms with Gasteiger partial charge in [0.15, 0.2) is 0 Å². The zero-order chi connectivity index (χ0) is 11.1. The highest BCUT2D eigenvalue weighted by Crippen LogP contribution is 2.34. The highest BCUT2D eigenvalue weighted by molar-refractivity contribution is 4.81. The zero-order valence-electron chi connectivity index (χ0n) is 10.5. The predicted molar refractivity (Wildman–Crippen MR) is 66.9 cm³/mol. The Morgan fingerprint density at radius 1 is 1.27 bits per heavy atom. The van der Waals surface area contributed by atoms with Crippen LogP contribution in [-0.4, -0.2) is 19.1 Å². The summed E-state index contributed by atoms with van der Waals surface area (Å²) in [7, 11) is 0. The molecule has 1 rings (SSSR count). The average molecular weight is 212 g/mol. The van der Waals surface area contributed by atoms with Gasteiger partial charge in [-0.15, -0.1) is 0 Å². The summed E-state index contributed by atoms with van der Waals surface area (Å²) in [4.78, 5) is 0. The van der Waals surface area contributed by atoms with Crippen molar-refractivity contribution in [2.75, 3.05) is 13.1 Å². The number of nitrogens with two attached hydrogens (primary N) is 1. The second-order valence-corrected chi connectivity index (χ2v) is 5.55. The quantitative estimate of drug-likeness (QED) is 0.710. The van der Waals surface area contributed by atoms with Crippen molar-refractivity contribution < 1.29 is 0 Å². The SMILES string of the molecule is CCCC(N)CNCC1(C)CCCCC1. The van der Waals surface area contributed by atoms with E-state index in [1.807, 2.05) is 0 Å². The van der Waals surface area contributed by atoms with Crippen LogP contribution in [0.1, 0.15) is 58.8 Å². The third kappa shape index (κ3) is 4.98. The van der Waals surface area contributed by atoms with Gasteiger partial charge in [-0.3, -0.25) is 0 Å². The Hall–Kier alpha value is -0.0800. The van der Waals surface area contributed by atoms with Gasteiger partial charge in [0, 0.05) is 19.1 Å². The molecule has 1 aliphatic carbocycles.